The monoisotopic (exact) mass is 223 g/mol. The van der Waals surface area contributed by atoms with Crippen molar-refractivity contribution in [2.45, 2.75) is 19.8 Å². The minimum atomic E-state index is 1.08. The van der Waals surface area contributed by atoms with E-state index in [1.165, 1.54) is 27.9 Å². The molecule has 1 aliphatic rings. The maximum absolute atomic E-state index is 3.43. The molecule has 0 radical (unpaired) electrons. The third-order valence-electron chi connectivity index (χ3n) is 3.52. The van der Waals surface area contributed by atoms with Crippen LogP contribution in [0.3, 0.4) is 0 Å². The lowest BCUT2D eigenvalue weighted by Gasteiger charge is -2.06. The lowest BCUT2D eigenvalue weighted by atomic mass is 10.0. The summed E-state index contributed by atoms with van der Waals surface area (Å²) in [7, 11) is 0. The average Bonchev–Trinajstić information content (AvgIpc) is 2.86. The first-order valence-electron chi connectivity index (χ1n) is 6.33. The van der Waals surface area contributed by atoms with Gasteiger partial charge in [-0.25, -0.2) is 0 Å². The molecule has 1 heteroatoms. The summed E-state index contributed by atoms with van der Waals surface area (Å²) in [5, 5.41) is 3.43. The zero-order valence-corrected chi connectivity index (χ0v) is 10.2. The molecule has 2 aromatic rings. The topological polar surface area (TPSA) is 12.0 Å². The number of benzene rings is 2. The van der Waals surface area contributed by atoms with Crippen LogP contribution < -0.4 is 5.32 Å². The summed E-state index contributed by atoms with van der Waals surface area (Å²) in [6.45, 7) is 3.27. The van der Waals surface area contributed by atoms with Gasteiger partial charge < -0.3 is 5.32 Å². The molecule has 0 unspecified atom stereocenters. The lowest BCUT2D eigenvalue weighted by molar-refractivity contribution is 1.11. The first kappa shape index (κ1) is 10.4. The third kappa shape index (κ3) is 1.93. The van der Waals surface area contributed by atoms with Crippen LogP contribution in [0.5, 0.6) is 0 Å². The standard InChI is InChI=1S/C16H17N/c1-2-12-3-5-13(6-4-12)15-8-7-14-9-10-17-16(14)11-15/h3-8,11,17H,2,9-10H2,1H3. The number of nitrogens with one attached hydrogen (secondary N) is 1. The van der Waals surface area contributed by atoms with Crippen molar-refractivity contribution in [2.75, 3.05) is 11.9 Å². The first-order chi connectivity index (χ1) is 8.36. The average molecular weight is 223 g/mol. The van der Waals surface area contributed by atoms with E-state index in [2.05, 4.69) is 54.7 Å². The molecule has 0 amide bonds. The Kier molecular flexibility index (Phi) is 2.60. The van der Waals surface area contributed by atoms with Crippen LogP contribution in [-0.2, 0) is 12.8 Å². The van der Waals surface area contributed by atoms with Gasteiger partial charge in [-0.3, -0.25) is 0 Å². The molecule has 1 N–H and O–H groups in total. The molecular formula is C16H17N. The number of aryl methyl sites for hydroxylation is 1. The zero-order valence-electron chi connectivity index (χ0n) is 10.2. The summed E-state index contributed by atoms with van der Waals surface area (Å²) in [4.78, 5) is 0. The van der Waals surface area contributed by atoms with Crippen LogP contribution >= 0.6 is 0 Å². The second kappa shape index (κ2) is 4.25. The Balaban J connectivity index is 1.97. The Morgan fingerprint density at radius 1 is 1.00 bits per heavy atom. The van der Waals surface area contributed by atoms with E-state index in [0.29, 0.717) is 0 Å². The molecule has 86 valence electrons. The van der Waals surface area contributed by atoms with Gasteiger partial charge in [0.2, 0.25) is 0 Å². The van der Waals surface area contributed by atoms with Gasteiger partial charge in [-0.2, -0.15) is 0 Å². The predicted molar refractivity (Wildman–Crippen MR) is 73.4 cm³/mol. The minimum absolute atomic E-state index is 1.08. The molecule has 0 saturated heterocycles. The second-order valence-electron chi connectivity index (χ2n) is 4.60. The normalized spacial score (nSPS) is 13.2. The van der Waals surface area contributed by atoms with E-state index in [0.717, 1.165) is 19.4 Å². The van der Waals surface area contributed by atoms with Crippen LogP contribution in [0, 0.1) is 0 Å². The van der Waals surface area contributed by atoms with Crippen molar-refractivity contribution < 1.29 is 0 Å². The van der Waals surface area contributed by atoms with Crippen molar-refractivity contribution in [3.63, 3.8) is 0 Å². The molecule has 3 rings (SSSR count). The molecule has 1 aliphatic heterocycles. The van der Waals surface area contributed by atoms with Crippen molar-refractivity contribution in [2.24, 2.45) is 0 Å². The Morgan fingerprint density at radius 2 is 1.76 bits per heavy atom. The maximum Gasteiger partial charge on any atom is 0.0379 e. The van der Waals surface area contributed by atoms with Crippen LogP contribution in [0.2, 0.25) is 0 Å². The van der Waals surface area contributed by atoms with Crippen molar-refractivity contribution in [1.82, 2.24) is 0 Å². The van der Waals surface area contributed by atoms with E-state index >= 15 is 0 Å². The highest BCUT2D eigenvalue weighted by atomic mass is 14.9. The number of anilines is 1. The fourth-order valence-corrected chi connectivity index (χ4v) is 2.40. The van der Waals surface area contributed by atoms with Gasteiger partial charge in [-0.05, 0) is 41.2 Å². The Bertz CT molecular complexity index is 526. The van der Waals surface area contributed by atoms with Gasteiger partial charge in [0.05, 0.1) is 0 Å². The van der Waals surface area contributed by atoms with Crippen LogP contribution in [0.25, 0.3) is 11.1 Å². The SMILES string of the molecule is CCc1ccc(-c2ccc3c(c2)NCC3)cc1. The molecular weight excluding hydrogens is 206 g/mol. The summed E-state index contributed by atoms with van der Waals surface area (Å²) in [6, 6.07) is 15.6. The molecule has 1 nitrogen and oxygen atoms in total. The molecule has 0 atom stereocenters. The van der Waals surface area contributed by atoms with Gasteiger partial charge in [0.25, 0.3) is 0 Å². The lowest BCUT2D eigenvalue weighted by Crippen LogP contribution is -1.91. The minimum Gasteiger partial charge on any atom is -0.384 e. The van der Waals surface area contributed by atoms with Gasteiger partial charge in [0.1, 0.15) is 0 Å². The van der Waals surface area contributed by atoms with Crippen LogP contribution in [0.15, 0.2) is 42.5 Å². The maximum atomic E-state index is 3.43. The molecule has 0 bridgehead atoms. The van der Waals surface area contributed by atoms with Crippen molar-refractivity contribution in [1.29, 1.82) is 0 Å². The van der Waals surface area contributed by atoms with Crippen molar-refractivity contribution >= 4 is 5.69 Å². The fourth-order valence-electron chi connectivity index (χ4n) is 2.40. The van der Waals surface area contributed by atoms with Gasteiger partial charge in [0, 0.05) is 12.2 Å². The first-order valence-corrected chi connectivity index (χ1v) is 6.33. The largest absolute Gasteiger partial charge is 0.384 e. The Labute approximate surface area is 102 Å². The molecule has 1 heterocycles. The Morgan fingerprint density at radius 3 is 2.53 bits per heavy atom. The highest BCUT2D eigenvalue weighted by Gasteiger charge is 2.10. The second-order valence-corrected chi connectivity index (χ2v) is 4.60. The van der Waals surface area contributed by atoms with E-state index < -0.39 is 0 Å². The highest BCUT2D eigenvalue weighted by Crippen LogP contribution is 2.29. The van der Waals surface area contributed by atoms with E-state index in [1.807, 2.05) is 0 Å². The van der Waals surface area contributed by atoms with E-state index in [1.54, 1.807) is 0 Å². The zero-order chi connectivity index (χ0) is 11.7. The smallest absolute Gasteiger partial charge is 0.0379 e. The number of hydrogen-bond acceptors (Lipinski definition) is 1. The molecule has 0 aromatic heterocycles. The van der Waals surface area contributed by atoms with Gasteiger partial charge >= 0.3 is 0 Å². The van der Waals surface area contributed by atoms with Crippen molar-refractivity contribution in [3.8, 4) is 11.1 Å². The number of rotatable bonds is 2. The third-order valence-corrected chi connectivity index (χ3v) is 3.52. The highest BCUT2D eigenvalue weighted by molar-refractivity contribution is 5.71. The van der Waals surface area contributed by atoms with Crippen molar-refractivity contribution in [3.05, 3.63) is 53.6 Å². The fraction of sp³-hybridized carbons (Fsp3) is 0.250. The summed E-state index contributed by atoms with van der Waals surface area (Å²) in [6.07, 6.45) is 2.26. The number of hydrogen-bond donors (Lipinski definition) is 1. The molecule has 0 fully saturated rings. The quantitative estimate of drug-likeness (QED) is 0.814. The number of fused-ring (bicyclic) bond motifs is 1. The van der Waals surface area contributed by atoms with Crippen LogP contribution in [0.1, 0.15) is 18.1 Å². The molecule has 0 aliphatic carbocycles. The summed E-state index contributed by atoms with van der Waals surface area (Å²) >= 11 is 0. The van der Waals surface area contributed by atoms with Crippen LogP contribution in [0.4, 0.5) is 5.69 Å². The van der Waals surface area contributed by atoms with Gasteiger partial charge in [-0.1, -0.05) is 43.3 Å². The van der Waals surface area contributed by atoms with Gasteiger partial charge in [0.15, 0.2) is 0 Å². The molecule has 0 spiro atoms. The molecule has 17 heavy (non-hydrogen) atoms. The summed E-state index contributed by atoms with van der Waals surface area (Å²) in [5.74, 6) is 0. The summed E-state index contributed by atoms with van der Waals surface area (Å²) in [5.41, 5.74) is 6.76. The predicted octanol–water partition coefficient (Wildman–Crippen LogP) is 3.88. The Hall–Kier alpha value is -1.76. The summed E-state index contributed by atoms with van der Waals surface area (Å²) < 4.78 is 0. The molecule has 0 saturated carbocycles. The molecule has 2 aromatic carbocycles. The van der Waals surface area contributed by atoms with Crippen LogP contribution in [-0.4, -0.2) is 6.54 Å². The van der Waals surface area contributed by atoms with E-state index in [9.17, 15) is 0 Å². The van der Waals surface area contributed by atoms with Gasteiger partial charge in [-0.15, -0.1) is 0 Å². The van der Waals surface area contributed by atoms with E-state index in [4.69, 9.17) is 0 Å². The van der Waals surface area contributed by atoms with E-state index in [-0.39, 0.29) is 0 Å².